The van der Waals surface area contributed by atoms with Crippen LogP contribution in [0.3, 0.4) is 0 Å². The Balaban J connectivity index is 2.19. The molecular weight excluding hydrogens is 229 g/mol. The Bertz CT molecular complexity index is 320. The second-order valence-corrected chi connectivity index (χ2v) is 4.00. The molecule has 0 aromatic heterocycles. The van der Waals surface area contributed by atoms with Crippen molar-refractivity contribution in [3.63, 3.8) is 0 Å². The van der Waals surface area contributed by atoms with Gasteiger partial charge in [-0.1, -0.05) is 11.6 Å². The van der Waals surface area contributed by atoms with Gasteiger partial charge in [0.05, 0.1) is 11.6 Å². The summed E-state index contributed by atoms with van der Waals surface area (Å²) in [7, 11) is 1.94. The van der Waals surface area contributed by atoms with Gasteiger partial charge in [-0.25, -0.2) is 4.39 Å². The number of hydrogen-bond acceptors (Lipinski definition) is 2. The van der Waals surface area contributed by atoms with E-state index in [1.165, 1.54) is 12.1 Å². The van der Waals surface area contributed by atoms with E-state index in [0.29, 0.717) is 12.4 Å². The first-order valence-corrected chi connectivity index (χ1v) is 5.84. The summed E-state index contributed by atoms with van der Waals surface area (Å²) in [6.07, 6.45) is 3.22. The highest BCUT2D eigenvalue weighted by molar-refractivity contribution is 6.30. The van der Waals surface area contributed by atoms with Gasteiger partial charge in [0, 0.05) is 6.07 Å². The zero-order chi connectivity index (χ0) is 11.8. The quantitative estimate of drug-likeness (QED) is 0.745. The van der Waals surface area contributed by atoms with E-state index < -0.39 is 5.82 Å². The van der Waals surface area contributed by atoms with Gasteiger partial charge in [0.1, 0.15) is 11.6 Å². The van der Waals surface area contributed by atoms with Crippen molar-refractivity contribution in [1.29, 1.82) is 0 Å². The summed E-state index contributed by atoms with van der Waals surface area (Å²) in [5.74, 6) is 0.102. The summed E-state index contributed by atoms with van der Waals surface area (Å²) in [4.78, 5) is 0. The van der Waals surface area contributed by atoms with Crippen LogP contribution in [0.5, 0.6) is 5.75 Å². The minimum Gasteiger partial charge on any atom is -0.493 e. The van der Waals surface area contributed by atoms with Crippen molar-refractivity contribution in [3.8, 4) is 5.75 Å². The molecule has 2 nitrogen and oxygen atoms in total. The molecule has 1 rings (SSSR count). The maximum atomic E-state index is 13.0. The van der Waals surface area contributed by atoms with Crippen molar-refractivity contribution in [1.82, 2.24) is 5.32 Å². The van der Waals surface area contributed by atoms with Crippen LogP contribution in [0.1, 0.15) is 19.3 Å². The minimum absolute atomic E-state index is 0.126. The fourth-order valence-corrected chi connectivity index (χ4v) is 1.45. The lowest BCUT2D eigenvalue weighted by Gasteiger charge is -2.06. The number of rotatable bonds is 7. The van der Waals surface area contributed by atoms with E-state index in [1.54, 1.807) is 6.07 Å². The van der Waals surface area contributed by atoms with E-state index in [-0.39, 0.29) is 5.02 Å². The number of nitrogens with one attached hydrogen (secondary N) is 1. The van der Waals surface area contributed by atoms with Gasteiger partial charge in [-0.2, -0.15) is 0 Å². The smallest absolute Gasteiger partial charge is 0.145 e. The normalized spacial score (nSPS) is 10.4. The molecule has 0 fully saturated rings. The summed E-state index contributed by atoms with van der Waals surface area (Å²) < 4.78 is 18.4. The zero-order valence-electron chi connectivity index (χ0n) is 9.43. The molecule has 0 radical (unpaired) electrons. The van der Waals surface area contributed by atoms with Crippen molar-refractivity contribution >= 4 is 11.6 Å². The van der Waals surface area contributed by atoms with E-state index in [1.807, 2.05) is 7.05 Å². The Labute approximate surface area is 101 Å². The lowest BCUT2D eigenvalue weighted by atomic mass is 10.2. The van der Waals surface area contributed by atoms with E-state index in [2.05, 4.69) is 5.32 Å². The number of unbranched alkanes of at least 4 members (excludes halogenated alkanes) is 2. The molecule has 0 aliphatic rings. The fourth-order valence-electron chi connectivity index (χ4n) is 1.34. The predicted molar refractivity (Wildman–Crippen MR) is 64.7 cm³/mol. The van der Waals surface area contributed by atoms with Crippen molar-refractivity contribution in [2.45, 2.75) is 19.3 Å². The van der Waals surface area contributed by atoms with Gasteiger partial charge in [0.15, 0.2) is 0 Å². The van der Waals surface area contributed by atoms with E-state index in [9.17, 15) is 4.39 Å². The molecule has 4 heteroatoms. The second kappa shape index (κ2) is 7.47. The average Bonchev–Trinajstić information content (AvgIpc) is 2.28. The van der Waals surface area contributed by atoms with Gasteiger partial charge < -0.3 is 10.1 Å². The molecule has 1 aromatic carbocycles. The van der Waals surface area contributed by atoms with Crippen LogP contribution in [0.2, 0.25) is 5.02 Å². The summed E-state index contributed by atoms with van der Waals surface area (Å²) in [5, 5.41) is 3.21. The van der Waals surface area contributed by atoms with Gasteiger partial charge in [0.2, 0.25) is 0 Å². The monoisotopic (exact) mass is 245 g/mol. The van der Waals surface area contributed by atoms with Crippen molar-refractivity contribution in [2.75, 3.05) is 20.2 Å². The largest absolute Gasteiger partial charge is 0.493 e. The summed E-state index contributed by atoms with van der Waals surface area (Å²) in [6.45, 7) is 1.64. The van der Waals surface area contributed by atoms with Gasteiger partial charge in [-0.15, -0.1) is 0 Å². The maximum absolute atomic E-state index is 13.0. The number of ether oxygens (including phenoxy) is 1. The van der Waals surface area contributed by atoms with Gasteiger partial charge >= 0.3 is 0 Å². The Morgan fingerprint density at radius 3 is 2.81 bits per heavy atom. The van der Waals surface area contributed by atoms with Crippen LogP contribution >= 0.6 is 11.6 Å². The molecule has 0 spiro atoms. The van der Waals surface area contributed by atoms with Crippen molar-refractivity contribution in [2.24, 2.45) is 0 Å². The zero-order valence-corrected chi connectivity index (χ0v) is 10.2. The number of hydrogen-bond donors (Lipinski definition) is 1. The first-order chi connectivity index (χ1) is 7.74. The molecule has 0 aliphatic heterocycles. The van der Waals surface area contributed by atoms with Crippen LogP contribution in [-0.2, 0) is 0 Å². The highest BCUT2D eigenvalue weighted by Gasteiger charge is 2.01. The van der Waals surface area contributed by atoms with Crippen LogP contribution in [0, 0.1) is 5.82 Å². The molecule has 0 heterocycles. The van der Waals surface area contributed by atoms with E-state index >= 15 is 0 Å². The first kappa shape index (κ1) is 13.3. The number of benzene rings is 1. The Kier molecular flexibility index (Phi) is 6.19. The van der Waals surface area contributed by atoms with Crippen LogP contribution < -0.4 is 10.1 Å². The third-order valence-electron chi connectivity index (χ3n) is 2.23. The molecule has 0 amide bonds. The topological polar surface area (TPSA) is 21.3 Å². The average molecular weight is 246 g/mol. The van der Waals surface area contributed by atoms with Crippen LogP contribution in [0.25, 0.3) is 0 Å². The van der Waals surface area contributed by atoms with Gasteiger partial charge in [-0.05, 0) is 45.0 Å². The standard InChI is InChI=1S/C12H17ClFNO/c1-15-7-3-2-4-8-16-10-5-6-11(13)12(14)9-10/h5-6,9,15H,2-4,7-8H2,1H3. The molecule has 1 N–H and O–H groups in total. The Morgan fingerprint density at radius 2 is 2.12 bits per heavy atom. The minimum atomic E-state index is -0.436. The molecule has 0 bridgehead atoms. The molecule has 0 saturated carbocycles. The molecule has 16 heavy (non-hydrogen) atoms. The molecule has 0 atom stereocenters. The lowest BCUT2D eigenvalue weighted by molar-refractivity contribution is 0.303. The van der Waals surface area contributed by atoms with E-state index in [4.69, 9.17) is 16.3 Å². The highest BCUT2D eigenvalue weighted by atomic mass is 35.5. The van der Waals surface area contributed by atoms with Crippen molar-refractivity contribution < 1.29 is 9.13 Å². The van der Waals surface area contributed by atoms with E-state index in [0.717, 1.165) is 25.8 Å². The molecular formula is C12H17ClFNO. The molecule has 1 aromatic rings. The summed E-state index contributed by atoms with van der Waals surface area (Å²) >= 11 is 5.56. The molecule has 0 aliphatic carbocycles. The first-order valence-electron chi connectivity index (χ1n) is 5.46. The summed E-state index contributed by atoms with van der Waals surface area (Å²) in [6, 6.07) is 4.50. The Hall–Kier alpha value is -0.800. The third-order valence-corrected chi connectivity index (χ3v) is 2.54. The van der Waals surface area contributed by atoms with Gasteiger partial charge in [0.25, 0.3) is 0 Å². The third kappa shape index (κ3) is 4.81. The number of halogens is 2. The van der Waals surface area contributed by atoms with Crippen LogP contribution in [0.4, 0.5) is 4.39 Å². The van der Waals surface area contributed by atoms with Gasteiger partial charge in [-0.3, -0.25) is 0 Å². The lowest BCUT2D eigenvalue weighted by Crippen LogP contribution is -2.07. The Morgan fingerprint density at radius 1 is 1.31 bits per heavy atom. The fraction of sp³-hybridized carbons (Fsp3) is 0.500. The molecule has 0 unspecified atom stereocenters. The highest BCUT2D eigenvalue weighted by Crippen LogP contribution is 2.20. The van der Waals surface area contributed by atoms with Crippen LogP contribution in [-0.4, -0.2) is 20.2 Å². The van der Waals surface area contributed by atoms with Crippen molar-refractivity contribution in [3.05, 3.63) is 29.0 Å². The SMILES string of the molecule is CNCCCCCOc1ccc(Cl)c(F)c1. The van der Waals surface area contributed by atoms with Crippen LogP contribution in [0.15, 0.2) is 18.2 Å². The predicted octanol–water partition coefficient (Wildman–Crippen LogP) is 3.25. The molecule has 90 valence electrons. The maximum Gasteiger partial charge on any atom is 0.145 e. The second-order valence-electron chi connectivity index (χ2n) is 3.59. The summed E-state index contributed by atoms with van der Waals surface area (Å²) in [5.41, 5.74) is 0. The molecule has 0 saturated heterocycles.